The number of hydrazone groups is 1. The lowest BCUT2D eigenvalue weighted by Gasteiger charge is -2.14. The van der Waals surface area contributed by atoms with Gasteiger partial charge in [0.1, 0.15) is 11.3 Å². The minimum absolute atomic E-state index is 0.00880. The molecule has 1 fully saturated rings. The fourth-order valence-corrected chi connectivity index (χ4v) is 3.73. The van der Waals surface area contributed by atoms with Crippen molar-refractivity contribution in [1.29, 1.82) is 0 Å². The molecule has 1 aliphatic heterocycles. The van der Waals surface area contributed by atoms with Gasteiger partial charge in [-0.2, -0.15) is 5.10 Å². The Morgan fingerprint density at radius 1 is 1.17 bits per heavy atom. The standard InChI is InChI=1S/C18H16N2O3/c1-18-13(11-8-5-9-12(14(11)21)17(22)23)16(18)20-19-15(18)10-6-3-2-4-7-10/h2-9,13,16,20-21H,1H3,(H,22,23). The normalized spacial score (nSPS) is 27.8. The third kappa shape index (κ3) is 1.79. The number of benzene rings is 2. The van der Waals surface area contributed by atoms with E-state index in [1.807, 2.05) is 30.3 Å². The van der Waals surface area contributed by atoms with Crippen molar-refractivity contribution >= 4 is 11.7 Å². The molecule has 3 atom stereocenters. The zero-order chi connectivity index (χ0) is 16.2. The largest absolute Gasteiger partial charge is 0.507 e. The van der Waals surface area contributed by atoms with E-state index >= 15 is 0 Å². The van der Waals surface area contributed by atoms with Gasteiger partial charge in [-0.1, -0.05) is 49.4 Å². The number of fused-ring (bicyclic) bond motifs is 1. The topological polar surface area (TPSA) is 81.9 Å². The summed E-state index contributed by atoms with van der Waals surface area (Å²) in [6.45, 7) is 2.10. The first-order valence-electron chi connectivity index (χ1n) is 7.49. The fraction of sp³-hybridized carbons (Fsp3) is 0.222. The van der Waals surface area contributed by atoms with Crippen molar-refractivity contribution in [2.75, 3.05) is 0 Å². The average Bonchev–Trinajstić information content (AvgIpc) is 2.98. The van der Waals surface area contributed by atoms with Crippen LogP contribution in [0.1, 0.15) is 34.3 Å². The number of carboxylic acid groups (broad SMARTS) is 1. The summed E-state index contributed by atoms with van der Waals surface area (Å²) in [5.41, 5.74) is 5.49. The number of hydrogen-bond donors (Lipinski definition) is 3. The van der Waals surface area contributed by atoms with Crippen LogP contribution in [0.4, 0.5) is 0 Å². The first kappa shape index (κ1) is 13.8. The molecule has 0 aromatic heterocycles. The highest BCUT2D eigenvalue weighted by atomic mass is 16.4. The maximum Gasteiger partial charge on any atom is 0.339 e. The second-order valence-electron chi connectivity index (χ2n) is 6.24. The van der Waals surface area contributed by atoms with Crippen molar-refractivity contribution in [2.45, 2.75) is 18.9 Å². The summed E-state index contributed by atoms with van der Waals surface area (Å²) in [5, 5.41) is 24.0. The number of rotatable bonds is 3. The number of carboxylic acids is 1. The smallest absolute Gasteiger partial charge is 0.339 e. The van der Waals surface area contributed by atoms with Gasteiger partial charge in [0.2, 0.25) is 0 Å². The molecule has 2 aromatic carbocycles. The molecular weight excluding hydrogens is 292 g/mol. The molecule has 2 aromatic rings. The molecular formula is C18H16N2O3. The SMILES string of the molecule is CC12C(c3ccccc3)=NNC1C2c1cccc(C(=O)O)c1O. The van der Waals surface area contributed by atoms with E-state index in [0.717, 1.165) is 11.3 Å². The molecule has 3 unspecified atom stereocenters. The number of hydrogen-bond acceptors (Lipinski definition) is 4. The van der Waals surface area contributed by atoms with Crippen LogP contribution in [0.25, 0.3) is 0 Å². The highest BCUT2D eigenvalue weighted by molar-refractivity contribution is 6.09. The van der Waals surface area contributed by atoms with Gasteiger partial charge in [-0.25, -0.2) is 4.79 Å². The average molecular weight is 308 g/mol. The Morgan fingerprint density at radius 2 is 1.91 bits per heavy atom. The summed E-state index contributed by atoms with van der Waals surface area (Å²) >= 11 is 0. The van der Waals surface area contributed by atoms with Crippen molar-refractivity contribution in [1.82, 2.24) is 5.43 Å². The lowest BCUT2D eigenvalue weighted by Crippen LogP contribution is -2.15. The number of aromatic hydroxyl groups is 1. The Kier molecular flexibility index (Phi) is 2.75. The van der Waals surface area contributed by atoms with Crippen LogP contribution in [0.2, 0.25) is 0 Å². The quantitative estimate of drug-likeness (QED) is 0.814. The zero-order valence-corrected chi connectivity index (χ0v) is 12.5. The molecule has 1 saturated carbocycles. The Labute approximate surface area is 133 Å². The van der Waals surface area contributed by atoms with Crippen LogP contribution in [0.3, 0.4) is 0 Å². The van der Waals surface area contributed by atoms with Gasteiger partial charge >= 0.3 is 5.97 Å². The predicted octanol–water partition coefficient (Wildman–Crippen LogP) is 2.57. The minimum atomic E-state index is -1.12. The van der Waals surface area contributed by atoms with E-state index in [0.29, 0.717) is 5.56 Å². The summed E-state index contributed by atoms with van der Waals surface area (Å²) in [6, 6.07) is 14.9. The molecule has 1 aliphatic carbocycles. The monoisotopic (exact) mass is 308 g/mol. The van der Waals surface area contributed by atoms with Gasteiger partial charge in [0, 0.05) is 16.9 Å². The van der Waals surface area contributed by atoms with Crippen molar-refractivity contribution in [2.24, 2.45) is 10.5 Å². The molecule has 0 saturated heterocycles. The van der Waals surface area contributed by atoms with Crippen LogP contribution in [0, 0.1) is 5.41 Å². The number of nitrogens with zero attached hydrogens (tertiary/aromatic N) is 1. The molecule has 1 heterocycles. The van der Waals surface area contributed by atoms with E-state index in [-0.39, 0.29) is 28.7 Å². The molecule has 4 rings (SSSR count). The first-order valence-corrected chi connectivity index (χ1v) is 7.49. The summed E-state index contributed by atoms with van der Waals surface area (Å²) in [4.78, 5) is 11.2. The van der Waals surface area contributed by atoms with E-state index in [2.05, 4.69) is 17.5 Å². The number of phenols is 1. The molecule has 0 bridgehead atoms. The summed E-state index contributed by atoms with van der Waals surface area (Å²) in [7, 11) is 0. The van der Waals surface area contributed by atoms with Crippen LogP contribution in [-0.2, 0) is 0 Å². The molecule has 116 valence electrons. The van der Waals surface area contributed by atoms with Crippen molar-refractivity contribution in [3.63, 3.8) is 0 Å². The number of carbonyl (C=O) groups is 1. The first-order chi connectivity index (χ1) is 11.0. The lowest BCUT2D eigenvalue weighted by molar-refractivity contribution is 0.0693. The van der Waals surface area contributed by atoms with Gasteiger partial charge < -0.3 is 15.6 Å². The molecule has 23 heavy (non-hydrogen) atoms. The third-order valence-electron chi connectivity index (χ3n) is 5.02. The Bertz CT molecular complexity index is 831. The van der Waals surface area contributed by atoms with Crippen LogP contribution < -0.4 is 5.43 Å². The van der Waals surface area contributed by atoms with E-state index in [9.17, 15) is 15.0 Å². The maximum absolute atomic E-state index is 11.2. The molecule has 2 aliphatic rings. The lowest BCUT2D eigenvalue weighted by atomic mass is 9.90. The number of aromatic carboxylic acids is 1. The Morgan fingerprint density at radius 3 is 2.61 bits per heavy atom. The minimum Gasteiger partial charge on any atom is -0.507 e. The maximum atomic E-state index is 11.2. The van der Waals surface area contributed by atoms with E-state index in [1.54, 1.807) is 12.1 Å². The molecule has 3 N–H and O–H groups in total. The predicted molar refractivity (Wildman–Crippen MR) is 85.8 cm³/mol. The van der Waals surface area contributed by atoms with Crippen molar-refractivity contribution in [3.8, 4) is 5.75 Å². The summed E-state index contributed by atoms with van der Waals surface area (Å²) < 4.78 is 0. The molecule has 5 nitrogen and oxygen atoms in total. The molecule has 0 radical (unpaired) electrons. The van der Waals surface area contributed by atoms with Gasteiger partial charge in [-0.15, -0.1) is 0 Å². The summed E-state index contributed by atoms with van der Waals surface area (Å²) in [5.74, 6) is -1.26. The zero-order valence-electron chi connectivity index (χ0n) is 12.5. The molecule has 5 heteroatoms. The number of para-hydroxylation sites is 1. The van der Waals surface area contributed by atoms with Crippen LogP contribution >= 0.6 is 0 Å². The van der Waals surface area contributed by atoms with E-state index in [4.69, 9.17) is 0 Å². The molecule has 0 amide bonds. The van der Waals surface area contributed by atoms with Crippen LogP contribution in [-0.4, -0.2) is 27.9 Å². The fourth-order valence-electron chi connectivity index (χ4n) is 3.73. The van der Waals surface area contributed by atoms with Crippen LogP contribution in [0.5, 0.6) is 5.75 Å². The van der Waals surface area contributed by atoms with E-state index < -0.39 is 5.97 Å². The van der Waals surface area contributed by atoms with Crippen molar-refractivity contribution < 1.29 is 15.0 Å². The van der Waals surface area contributed by atoms with Gasteiger partial charge in [0.05, 0.1) is 11.8 Å². The van der Waals surface area contributed by atoms with Crippen LogP contribution in [0.15, 0.2) is 53.6 Å². The van der Waals surface area contributed by atoms with E-state index in [1.165, 1.54) is 6.07 Å². The second kappa shape index (κ2) is 4.59. The van der Waals surface area contributed by atoms with Gasteiger partial charge in [-0.3, -0.25) is 0 Å². The summed E-state index contributed by atoms with van der Waals surface area (Å²) in [6.07, 6.45) is 0. The molecule has 0 spiro atoms. The third-order valence-corrected chi connectivity index (χ3v) is 5.02. The van der Waals surface area contributed by atoms with Gasteiger partial charge in [-0.05, 0) is 11.6 Å². The van der Waals surface area contributed by atoms with Gasteiger partial charge in [0.15, 0.2) is 0 Å². The Hall–Kier alpha value is -2.82. The number of nitrogens with one attached hydrogen (secondary N) is 1. The van der Waals surface area contributed by atoms with Crippen molar-refractivity contribution in [3.05, 3.63) is 65.2 Å². The van der Waals surface area contributed by atoms with Gasteiger partial charge in [0.25, 0.3) is 0 Å². The highest BCUT2D eigenvalue weighted by Crippen LogP contribution is 2.64. The Balaban J connectivity index is 1.74. The highest BCUT2D eigenvalue weighted by Gasteiger charge is 2.69. The second-order valence-corrected chi connectivity index (χ2v) is 6.24.